The van der Waals surface area contributed by atoms with Crippen LogP contribution in [0.4, 0.5) is 10.7 Å². The molecule has 5 nitrogen and oxygen atoms in total. The number of carbonyl (C=O) groups excluding carboxylic acids is 2. The number of carbonyl (C=O) groups is 2. The maximum Gasteiger partial charge on any atom is 0.277 e. The molecule has 2 aromatic carbocycles. The van der Waals surface area contributed by atoms with Crippen LogP contribution in [0.1, 0.15) is 44.8 Å². The first-order valence-corrected chi connectivity index (χ1v) is 11.4. The van der Waals surface area contributed by atoms with Gasteiger partial charge in [0.25, 0.3) is 11.8 Å². The van der Waals surface area contributed by atoms with Crippen LogP contribution in [0.25, 0.3) is 0 Å². The fourth-order valence-electron chi connectivity index (χ4n) is 4.29. The second-order valence-electron chi connectivity index (χ2n) is 7.90. The molecule has 2 amide bonds. The first kappa shape index (κ1) is 19.7. The molecule has 1 N–H and O–H groups in total. The number of para-hydroxylation sites is 1. The third-order valence-corrected chi connectivity index (χ3v) is 7.10. The zero-order chi connectivity index (χ0) is 21.4. The van der Waals surface area contributed by atoms with Crippen molar-refractivity contribution >= 4 is 39.6 Å². The van der Waals surface area contributed by atoms with Gasteiger partial charge in [0.1, 0.15) is 10.7 Å². The maximum absolute atomic E-state index is 13.3. The van der Waals surface area contributed by atoms with Gasteiger partial charge < -0.3 is 10.2 Å². The van der Waals surface area contributed by atoms with E-state index in [4.69, 9.17) is 4.99 Å². The molecule has 2 aliphatic rings. The minimum absolute atomic E-state index is 0.116. The second-order valence-corrected chi connectivity index (χ2v) is 8.98. The van der Waals surface area contributed by atoms with Crippen LogP contribution in [0.3, 0.4) is 0 Å². The molecule has 2 heterocycles. The fourth-order valence-corrected chi connectivity index (χ4v) is 5.55. The van der Waals surface area contributed by atoms with E-state index < -0.39 is 0 Å². The quantitative estimate of drug-likeness (QED) is 0.656. The summed E-state index contributed by atoms with van der Waals surface area (Å²) in [6.07, 6.45) is 4.05. The molecule has 156 valence electrons. The Balaban J connectivity index is 1.54. The van der Waals surface area contributed by atoms with Gasteiger partial charge in [0.2, 0.25) is 0 Å². The van der Waals surface area contributed by atoms with Crippen molar-refractivity contribution in [2.75, 3.05) is 11.9 Å². The van der Waals surface area contributed by atoms with E-state index in [2.05, 4.69) is 5.32 Å². The number of nitrogens with one attached hydrogen (secondary N) is 1. The van der Waals surface area contributed by atoms with E-state index in [0.29, 0.717) is 22.8 Å². The number of hydrogen-bond donors (Lipinski definition) is 1. The van der Waals surface area contributed by atoms with Gasteiger partial charge in [0.15, 0.2) is 0 Å². The molecule has 0 radical (unpaired) electrons. The summed E-state index contributed by atoms with van der Waals surface area (Å²) in [5.74, 6) is -0.252. The van der Waals surface area contributed by atoms with Crippen molar-refractivity contribution < 1.29 is 9.59 Å². The van der Waals surface area contributed by atoms with Crippen molar-refractivity contribution in [2.45, 2.75) is 32.2 Å². The summed E-state index contributed by atoms with van der Waals surface area (Å²) in [6, 6.07) is 17.5. The van der Waals surface area contributed by atoms with Crippen molar-refractivity contribution in [3.8, 4) is 0 Å². The summed E-state index contributed by atoms with van der Waals surface area (Å²) in [5, 5.41) is 3.70. The third-order valence-electron chi connectivity index (χ3n) is 5.92. The molecular formula is C25H23N3O2S. The molecule has 5 rings (SSSR count). The number of fused-ring (bicyclic) bond motifs is 2. The molecule has 3 aromatic rings. The minimum Gasteiger partial charge on any atom is -0.348 e. The van der Waals surface area contributed by atoms with Crippen molar-refractivity contribution in [3.63, 3.8) is 0 Å². The van der Waals surface area contributed by atoms with E-state index >= 15 is 0 Å². The van der Waals surface area contributed by atoms with Crippen LogP contribution in [-0.4, -0.2) is 24.6 Å². The molecule has 0 bridgehead atoms. The number of aliphatic imine (C=N–C) groups is 1. The van der Waals surface area contributed by atoms with Crippen LogP contribution in [0.2, 0.25) is 0 Å². The number of amides is 2. The van der Waals surface area contributed by atoms with Crippen LogP contribution in [-0.2, 0) is 24.2 Å². The van der Waals surface area contributed by atoms with Crippen molar-refractivity contribution in [3.05, 3.63) is 81.7 Å². The van der Waals surface area contributed by atoms with Crippen molar-refractivity contribution in [1.29, 1.82) is 0 Å². The molecule has 1 aliphatic carbocycles. The molecule has 1 aliphatic heterocycles. The van der Waals surface area contributed by atoms with Crippen LogP contribution >= 0.6 is 11.3 Å². The van der Waals surface area contributed by atoms with Crippen LogP contribution < -0.4 is 10.2 Å². The van der Waals surface area contributed by atoms with E-state index in [9.17, 15) is 9.59 Å². The van der Waals surface area contributed by atoms with E-state index in [1.807, 2.05) is 54.6 Å². The van der Waals surface area contributed by atoms with Gasteiger partial charge in [-0.05, 0) is 42.9 Å². The highest BCUT2D eigenvalue weighted by molar-refractivity contribution is 7.16. The van der Waals surface area contributed by atoms with Crippen LogP contribution in [0.5, 0.6) is 0 Å². The number of aryl methyl sites for hydroxylation is 1. The Morgan fingerprint density at radius 1 is 1.06 bits per heavy atom. The Hall–Kier alpha value is -3.25. The van der Waals surface area contributed by atoms with Crippen LogP contribution in [0, 0.1) is 0 Å². The standard InChI is InChI=1S/C25H23N3O2S/c1-28-19-13-7-5-11-17(19)22(25(28)30)27-24-21(18-12-6-8-14-20(18)31-24)23(29)26-15-16-9-3-2-4-10-16/h2-5,7,9-11,13H,6,8,12,14-15H2,1H3,(H,26,29). The molecule has 0 atom stereocenters. The molecule has 1 aromatic heterocycles. The summed E-state index contributed by atoms with van der Waals surface area (Å²) >= 11 is 1.56. The summed E-state index contributed by atoms with van der Waals surface area (Å²) in [7, 11) is 1.76. The number of benzene rings is 2. The van der Waals surface area contributed by atoms with E-state index in [1.165, 1.54) is 4.88 Å². The topological polar surface area (TPSA) is 61.8 Å². The molecule has 0 fully saturated rings. The third kappa shape index (κ3) is 3.57. The Bertz CT molecular complexity index is 1200. The zero-order valence-corrected chi connectivity index (χ0v) is 18.2. The van der Waals surface area contributed by atoms with E-state index in [1.54, 1.807) is 23.3 Å². The number of rotatable bonds is 4. The van der Waals surface area contributed by atoms with Gasteiger partial charge >= 0.3 is 0 Å². The molecule has 0 spiro atoms. The van der Waals surface area contributed by atoms with Gasteiger partial charge in [0, 0.05) is 24.0 Å². The number of anilines is 1. The highest BCUT2D eigenvalue weighted by atomic mass is 32.1. The average molecular weight is 430 g/mol. The molecule has 31 heavy (non-hydrogen) atoms. The summed E-state index contributed by atoms with van der Waals surface area (Å²) in [4.78, 5) is 33.8. The molecule has 0 saturated carbocycles. The molecular weight excluding hydrogens is 406 g/mol. The van der Waals surface area contributed by atoms with Crippen molar-refractivity contribution in [1.82, 2.24) is 5.32 Å². The largest absolute Gasteiger partial charge is 0.348 e. The highest BCUT2D eigenvalue weighted by Crippen LogP contribution is 2.41. The average Bonchev–Trinajstić information content (AvgIpc) is 3.29. The smallest absolute Gasteiger partial charge is 0.277 e. The number of likely N-dealkylation sites (N-methyl/N-ethyl adjacent to an activating group) is 1. The summed E-state index contributed by atoms with van der Waals surface area (Å²) < 4.78 is 0. The number of thiophene rings is 1. The van der Waals surface area contributed by atoms with E-state index in [0.717, 1.165) is 48.1 Å². The first-order chi connectivity index (χ1) is 15.1. The Labute approximate surface area is 185 Å². The number of nitrogens with zero attached hydrogens (tertiary/aromatic N) is 2. The lowest BCUT2D eigenvalue weighted by Crippen LogP contribution is -2.26. The molecule has 6 heteroatoms. The van der Waals surface area contributed by atoms with Gasteiger partial charge in [-0.2, -0.15) is 0 Å². The van der Waals surface area contributed by atoms with Gasteiger partial charge in [-0.1, -0.05) is 48.5 Å². The van der Waals surface area contributed by atoms with Crippen LogP contribution in [0.15, 0.2) is 59.6 Å². The normalized spacial score (nSPS) is 16.4. The second kappa shape index (κ2) is 8.12. The minimum atomic E-state index is -0.136. The monoisotopic (exact) mass is 429 g/mol. The maximum atomic E-state index is 13.3. The van der Waals surface area contributed by atoms with E-state index in [-0.39, 0.29) is 11.8 Å². The molecule has 0 unspecified atom stereocenters. The lowest BCUT2D eigenvalue weighted by molar-refractivity contribution is -0.111. The Morgan fingerprint density at radius 2 is 1.81 bits per heavy atom. The highest BCUT2D eigenvalue weighted by Gasteiger charge is 2.33. The summed E-state index contributed by atoms with van der Waals surface area (Å²) in [5.41, 5.74) is 4.87. The predicted molar refractivity (Wildman–Crippen MR) is 125 cm³/mol. The molecule has 0 saturated heterocycles. The fraction of sp³-hybridized carbons (Fsp3) is 0.240. The number of hydrogen-bond acceptors (Lipinski definition) is 4. The predicted octanol–water partition coefficient (Wildman–Crippen LogP) is 4.65. The first-order valence-electron chi connectivity index (χ1n) is 10.6. The van der Waals surface area contributed by atoms with Gasteiger partial charge in [0.05, 0.1) is 11.3 Å². The Kier molecular flexibility index (Phi) is 5.16. The van der Waals surface area contributed by atoms with Crippen molar-refractivity contribution in [2.24, 2.45) is 4.99 Å². The van der Waals surface area contributed by atoms with Gasteiger partial charge in [-0.15, -0.1) is 11.3 Å². The lowest BCUT2D eigenvalue weighted by Gasteiger charge is -2.13. The Morgan fingerprint density at radius 3 is 2.65 bits per heavy atom. The summed E-state index contributed by atoms with van der Waals surface area (Å²) in [6.45, 7) is 0.463. The van der Waals surface area contributed by atoms with Gasteiger partial charge in [-0.25, -0.2) is 4.99 Å². The lowest BCUT2D eigenvalue weighted by atomic mass is 9.95. The zero-order valence-electron chi connectivity index (χ0n) is 17.4. The SMILES string of the molecule is CN1C(=O)C(=Nc2sc3c(c2C(=O)NCc2ccccc2)CCCC3)c2ccccc21. The van der Waals surface area contributed by atoms with Gasteiger partial charge in [-0.3, -0.25) is 9.59 Å².